The molecular weight excluding hydrogens is 339 g/mol. The van der Waals surface area contributed by atoms with Crippen molar-refractivity contribution in [2.75, 3.05) is 7.11 Å². The van der Waals surface area contributed by atoms with E-state index in [9.17, 15) is 26.4 Å². The number of benzene rings is 1. The van der Waals surface area contributed by atoms with E-state index in [0.29, 0.717) is 0 Å². The third kappa shape index (κ3) is 3.36. The highest BCUT2D eigenvalue weighted by atomic mass is 32.2. The monoisotopic (exact) mass is 349 g/mol. The van der Waals surface area contributed by atoms with Gasteiger partial charge in [0.15, 0.2) is 5.75 Å². The largest absolute Gasteiger partial charge is 0.534 e. The van der Waals surface area contributed by atoms with Crippen LogP contribution in [0.2, 0.25) is 0 Å². The summed E-state index contributed by atoms with van der Waals surface area (Å²) in [5.74, 6) is -1.31. The van der Waals surface area contributed by atoms with Crippen molar-refractivity contribution in [2.45, 2.75) is 12.4 Å². The first-order valence-corrected chi connectivity index (χ1v) is 7.46. The van der Waals surface area contributed by atoms with E-state index in [-0.39, 0.29) is 22.2 Å². The van der Waals surface area contributed by atoms with Crippen molar-refractivity contribution in [2.24, 2.45) is 0 Å². The fourth-order valence-electron chi connectivity index (χ4n) is 1.80. The van der Waals surface area contributed by atoms with Gasteiger partial charge in [0.2, 0.25) is 0 Å². The molecule has 0 bridgehead atoms. The van der Waals surface area contributed by atoms with Gasteiger partial charge in [0.25, 0.3) is 0 Å². The van der Waals surface area contributed by atoms with Gasteiger partial charge in [0.1, 0.15) is 0 Å². The average Bonchev–Trinajstić information content (AvgIpc) is 2.44. The molecule has 0 atom stereocenters. The number of carbonyl (C=O) groups excluding carboxylic acids is 1. The van der Waals surface area contributed by atoms with Gasteiger partial charge in [-0.05, 0) is 25.1 Å². The molecule has 1 aromatic carbocycles. The first-order chi connectivity index (χ1) is 10.5. The SMILES string of the molecule is COC(=O)c1ccc2nc(C)cc(OS(=O)(=O)C(F)(F)F)c2c1. The van der Waals surface area contributed by atoms with Crippen LogP contribution in [-0.2, 0) is 14.9 Å². The minimum atomic E-state index is -5.84. The summed E-state index contributed by atoms with van der Waals surface area (Å²) >= 11 is 0. The Morgan fingerprint density at radius 2 is 1.87 bits per heavy atom. The number of hydrogen-bond acceptors (Lipinski definition) is 6. The van der Waals surface area contributed by atoms with Gasteiger partial charge in [-0.25, -0.2) is 4.79 Å². The molecule has 2 aromatic rings. The second kappa shape index (κ2) is 5.69. The molecule has 0 amide bonds. The Labute approximate surface area is 129 Å². The number of rotatable bonds is 3. The van der Waals surface area contributed by atoms with Crippen molar-refractivity contribution in [3.05, 3.63) is 35.5 Å². The van der Waals surface area contributed by atoms with Gasteiger partial charge >= 0.3 is 21.6 Å². The van der Waals surface area contributed by atoms with E-state index in [1.165, 1.54) is 19.1 Å². The number of carbonyl (C=O) groups is 1. The highest BCUT2D eigenvalue weighted by molar-refractivity contribution is 7.88. The van der Waals surface area contributed by atoms with Crippen LogP contribution in [0, 0.1) is 6.92 Å². The summed E-state index contributed by atoms with van der Waals surface area (Å²) in [6.07, 6.45) is 0. The molecule has 0 radical (unpaired) electrons. The molecule has 23 heavy (non-hydrogen) atoms. The molecule has 2 rings (SSSR count). The Kier molecular flexibility index (Phi) is 4.20. The van der Waals surface area contributed by atoms with Crippen LogP contribution >= 0.6 is 0 Å². The lowest BCUT2D eigenvalue weighted by Gasteiger charge is -2.12. The Morgan fingerprint density at radius 1 is 1.22 bits per heavy atom. The van der Waals surface area contributed by atoms with Crippen LogP contribution in [-0.4, -0.2) is 32.0 Å². The number of pyridine rings is 1. The summed E-state index contributed by atoms with van der Waals surface area (Å²) < 4.78 is 68.5. The first kappa shape index (κ1) is 17.0. The summed E-state index contributed by atoms with van der Waals surface area (Å²) in [6, 6.07) is 4.88. The maximum atomic E-state index is 12.5. The Balaban J connectivity index is 2.64. The zero-order valence-electron chi connectivity index (χ0n) is 11.8. The van der Waals surface area contributed by atoms with Crippen LogP contribution in [0.3, 0.4) is 0 Å². The quantitative estimate of drug-likeness (QED) is 0.481. The molecule has 0 N–H and O–H groups in total. The van der Waals surface area contributed by atoms with E-state index < -0.39 is 27.3 Å². The van der Waals surface area contributed by atoms with E-state index in [1.807, 2.05) is 0 Å². The predicted octanol–water partition coefficient (Wildman–Crippen LogP) is 2.56. The fourth-order valence-corrected chi connectivity index (χ4v) is 2.27. The molecule has 0 saturated heterocycles. The zero-order chi connectivity index (χ0) is 17.4. The summed E-state index contributed by atoms with van der Waals surface area (Å²) in [6.45, 7) is 1.46. The molecule has 10 heteroatoms. The Bertz CT molecular complexity index is 877. The summed E-state index contributed by atoms with van der Waals surface area (Å²) in [7, 11) is -4.71. The number of hydrogen-bond donors (Lipinski definition) is 0. The van der Waals surface area contributed by atoms with Gasteiger partial charge in [-0.2, -0.15) is 21.6 Å². The topological polar surface area (TPSA) is 82.6 Å². The van der Waals surface area contributed by atoms with Crippen LogP contribution in [0.25, 0.3) is 10.9 Å². The van der Waals surface area contributed by atoms with E-state index in [1.54, 1.807) is 0 Å². The molecule has 0 aliphatic rings. The normalized spacial score (nSPS) is 12.2. The number of ether oxygens (including phenoxy) is 1. The lowest BCUT2D eigenvalue weighted by molar-refractivity contribution is -0.0499. The molecule has 0 unspecified atom stereocenters. The molecular formula is C13H10F3NO5S. The van der Waals surface area contributed by atoms with Crippen molar-refractivity contribution in [3.8, 4) is 5.75 Å². The van der Waals surface area contributed by atoms with E-state index in [2.05, 4.69) is 13.9 Å². The molecule has 0 aliphatic heterocycles. The first-order valence-electron chi connectivity index (χ1n) is 6.05. The van der Waals surface area contributed by atoms with Crippen molar-refractivity contribution >= 4 is 27.0 Å². The van der Waals surface area contributed by atoms with Gasteiger partial charge in [-0.1, -0.05) is 0 Å². The second-order valence-corrected chi connectivity index (χ2v) is 6.01. The van der Waals surface area contributed by atoms with Crippen molar-refractivity contribution in [3.63, 3.8) is 0 Å². The van der Waals surface area contributed by atoms with E-state index in [0.717, 1.165) is 19.2 Å². The number of aryl methyl sites for hydroxylation is 1. The van der Waals surface area contributed by atoms with Gasteiger partial charge in [0, 0.05) is 17.1 Å². The van der Waals surface area contributed by atoms with Crippen LogP contribution in [0.1, 0.15) is 16.1 Å². The lowest BCUT2D eigenvalue weighted by Crippen LogP contribution is -2.28. The van der Waals surface area contributed by atoms with Gasteiger partial charge < -0.3 is 8.92 Å². The summed E-state index contributed by atoms with van der Waals surface area (Å²) in [4.78, 5) is 15.5. The lowest BCUT2D eigenvalue weighted by atomic mass is 10.1. The third-order valence-corrected chi connectivity index (χ3v) is 3.77. The molecule has 1 aromatic heterocycles. The summed E-state index contributed by atoms with van der Waals surface area (Å²) in [5, 5.41) is -0.0636. The number of alkyl halides is 3. The fraction of sp³-hybridized carbons (Fsp3) is 0.231. The number of fused-ring (bicyclic) bond motifs is 1. The molecule has 0 saturated carbocycles. The molecule has 124 valence electrons. The average molecular weight is 349 g/mol. The van der Waals surface area contributed by atoms with Crippen LogP contribution in [0.4, 0.5) is 13.2 Å². The Hall–Kier alpha value is -2.36. The summed E-state index contributed by atoms with van der Waals surface area (Å²) in [5.41, 5.74) is -5.14. The number of nitrogens with zero attached hydrogens (tertiary/aromatic N) is 1. The van der Waals surface area contributed by atoms with Crippen molar-refractivity contribution < 1.29 is 35.3 Å². The van der Waals surface area contributed by atoms with E-state index in [4.69, 9.17) is 0 Å². The van der Waals surface area contributed by atoms with Gasteiger partial charge in [0.05, 0.1) is 18.2 Å². The van der Waals surface area contributed by atoms with Gasteiger partial charge in [-0.3, -0.25) is 4.98 Å². The van der Waals surface area contributed by atoms with Gasteiger partial charge in [-0.15, -0.1) is 0 Å². The number of esters is 1. The minimum absolute atomic E-state index is 0.0138. The van der Waals surface area contributed by atoms with Crippen LogP contribution in [0.5, 0.6) is 5.75 Å². The number of halogens is 3. The van der Waals surface area contributed by atoms with E-state index >= 15 is 0 Å². The minimum Gasteiger partial charge on any atom is -0.465 e. The maximum absolute atomic E-state index is 12.5. The smallest absolute Gasteiger partial charge is 0.465 e. The number of methoxy groups -OCH3 is 1. The molecule has 0 spiro atoms. The highest BCUT2D eigenvalue weighted by Crippen LogP contribution is 2.32. The molecule has 1 heterocycles. The molecule has 0 aliphatic carbocycles. The molecule has 0 fully saturated rings. The van der Waals surface area contributed by atoms with Crippen molar-refractivity contribution in [1.82, 2.24) is 4.98 Å². The second-order valence-electron chi connectivity index (χ2n) is 4.47. The predicted molar refractivity (Wildman–Crippen MR) is 73.4 cm³/mol. The standard InChI is InChI=1S/C13H10F3NO5S/c1-7-5-11(22-23(19,20)13(14,15)16)9-6-8(12(18)21-2)3-4-10(9)17-7/h3-6H,1-2H3. The third-order valence-electron chi connectivity index (χ3n) is 2.80. The maximum Gasteiger partial charge on any atom is 0.534 e. The zero-order valence-corrected chi connectivity index (χ0v) is 12.7. The van der Waals surface area contributed by atoms with Crippen LogP contribution < -0.4 is 4.18 Å². The number of aromatic nitrogens is 1. The van der Waals surface area contributed by atoms with Crippen LogP contribution in [0.15, 0.2) is 24.3 Å². The highest BCUT2D eigenvalue weighted by Gasteiger charge is 2.48. The van der Waals surface area contributed by atoms with Crippen molar-refractivity contribution in [1.29, 1.82) is 0 Å². The Morgan fingerprint density at radius 3 is 2.43 bits per heavy atom. The molecule has 6 nitrogen and oxygen atoms in total.